The molecule has 1 amide bonds. The van der Waals surface area contributed by atoms with E-state index in [0.29, 0.717) is 25.0 Å². The third kappa shape index (κ3) is 4.11. The van der Waals surface area contributed by atoms with Crippen LogP contribution in [0.1, 0.15) is 32.6 Å². The molecule has 0 aromatic rings. The Morgan fingerprint density at radius 3 is 2.00 bits per heavy atom. The van der Waals surface area contributed by atoms with Gasteiger partial charge in [-0.2, -0.15) is 39.5 Å². The van der Waals surface area contributed by atoms with E-state index in [4.69, 9.17) is 0 Å². The highest BCUT2D eigenvalue weighted by atomic mass is 19.4. The van der Waals surface area contributed by atoms with Crippen molar-refractivity contribution < 1.29 is 44.3 Å². The van der Waals surface area contributed by atoms with Gasteiger partial charge in [0.25, 0.3) is 0 Å². The summed E-state index contributed by atoms with van der Waals surface area (Å²) >= 11 is 0. The minimum absolute atomic E-state index is 0.158. The van der Waals surface area contributed by atoms with Crippen LogP contribution in [-0.4, -0.2) is 40.9 Å². The molecular weight excluding hydrogens is 393 g/mol. The minimum Gasteiger partial charge on any atom is -0.306 e. The number of nitrogens with zero attached hydrogens (tertiary/aromatic N) is 1. The van der Waals surface area contributed by atoms with Crippen LogP contribution in [0.2, 0.25) is 0 Å². The highest BCUT2D eigenvalue weighted by molar-refractivity contribution is 5.84. The van der Waals surface area contributed by atoms with Crippen LogP contribution >= 0.6 is 0 Å². The number of likely N-dealkylation sites (tertiary alicyclic amines) is 1. The van der Waals surface area contributed by atoms with Crippen LogP contribution in [0.3, 0.4) is 0 Å². The van der Waals surface area contributed by atoms with Crippen LogP contribution in [0, 0.1) is 5.92 Å². The molecular formula is C16H18F9NO. The minimum atomic E-state index is -6.19. The van der Waals surface area contributed by atoms with Crippen LogP contribution < -0.4 is 0 Å². The van der Waals surface area contributed by atoms with Gasteiger partial charge >= 0.3 is 24.4 Å². The summed E-state index contributed by atoms with van der Waals surface area (Å²) in [5.74, 6) is -5.63. The normalized spacial score (nSPS) is 23.9. The summed E-state index contributed by atoms with van der Waals surface area (Å²) in [4.78, 5) is 10.5. The fourth-order valence-electron chi connectivity index (χ4n) is 3.28. The molecule has 0 spiro atoms. The molecule has 1 saturated heterocycles. The fourth-order valence-corrected chi connectivity index (χ4v) is 3.28. The molecule has 0 radical (unpaired) electrons. The molecule has 1 heterocycles. The van der Waals surface area contributed by atoms with Crippen LogP contribution in [0.5, 0.6) is 0 Å². The van der Waals surface area contributed by atoms with Crippen LogP contribution in [-0.2, 0) is 4.79 Å². The van der Waals surface area contributed by atoms with Gasteiger partial charge in [0.1, 0.15) is 0 Å². The van der Waals surface area contributed by atoms with E-state index in [-0.39, 0.29) is 6.42 Å². The number of hydrogen-bond donors (Lipinski definition) is 0. The predicted molar refractivity (Wildman–Crippen MR) is 78.5 cm³/mol. The first kappa shape index (κ1) is 23.4. The predicted octanol–water partition coefficient (Wildman–Crippen LogP) is 5.56. The van der Waals surface area contributed by atoms with Crippen molar-refractivity contribution in [2.75, 3.05) is 0 Å². The Morgan fingerprint density at radius 2 is 1.63 bits per heavy atom. The molecule has 0 aromatic heterocycles. The maximum Gasteiger partial charge on any atom is 0.471 e. The van der Waals surface area contributed by atoms with Gasteiger partial charge in [0, 0.05) is 5.92 Å². The first-order valence-corrected chi connectivity index (χ1v) is 7.99. The largest absolute Gasteiger partial charge is 0.471 e. The fraction of sp³-hybridized carbons (Fsp3) is 0.688. The molecule has 2 unspecified atom stereocenters. The molecule has 1 aliphatic rings. The lowest BCUT2D eigenvalue weighted by Crippen LogP contribution is -2.71. The van der Waals surface area contributed by atoms with E-state index in [1.807, 2.05) is 0 Å². The number of alkyl halides is 9. The lowest BCUT2D eigenvalue weighted by Gasteiger charge is -2.44. The van der Waals surface area contributed by atoms with Crippen molar-refractivity contribution in [1.29, 1.82) is 0 Å². The smallest absolute Gasteiger partial charge is 0.306 e. The highest BCUT2D eigenvalue weighted by Gasteiger charge is 2.81. The Labute approximate surface area is 149 Å². The van der Waals surface area contributed by atoms with E-state index >= 15 is 0 Å². The van der Waals surface area contributed by atoms with Gasteiger partial charge in [-0.15, -0.1) is 6.58 Å². The van der Waals surface area contributed by atoms with Crippen molar-refractivity contribution in [1.82, 2.24) is 4.90 Å². The molecule has 1 fully saturated rings. The zero-order valence-corrected chi connectivity index (χ0v) is 14.2. The second kappa shape index (κ2) is 7.75. The van der Waals surface area contributed by atoms with Gasteiger partial charge < -0.3 is 4.90 Å². The molecule has 2 atom stereocenters. The quantitative estimate of drug-likeness (QED) is 0.330. The second-order valence-electron chi connectivity index (χ2n) is 6.15. The standard InChI is InChI=1S/C16H18F9NO/c1-3-5-6-7-8-10-9-11(4-2)26(12(27)14(17,18)19)13(10,15(20,21)22)16(23,24)25/h4,7-8,10-11H,2-3,5-6,9H2,1H3/b8-7+. The van der Waals surface area contributed by atoms with Crippen molar-refractivity contribution in [2.24, 2.45) is 5.92 Å². The molecule has 156 valence electrons. The summed E-state index contributed by atoms with van der Waals surface area (Å²) in [6.45, 7) is 4.76. The third-order valence-corrected chi connectivity index (χ3v) is 4.43. The average Bonchev–Trinajstić information content (AvgIpc) is 2.84. The van der Waals surface area contributed by atoms with E-state index in [0.717, 1.165) is 6.08 Å². The Morgan fingerprint density at radius 1 is 1.11 bits per heavy atom. The summed E-state index contributed by atoms with van der Waals surface area (Å²) in [6, 6.07) is -2.08. The number of carbonyl (C=O) groups excluding carboxylic acids is 1. The summed E-state index contributed by atoms with van der Waals surface area (Å²) in [5, 5.41) is 0. The first-order valence-electron chi connectivity index (χ1n) is 7.99. The summed E-state index contributed by atoms with van der Waals surface area (Å²) < 4.78 is 121. The third-order valence-electron chi connectivity index (χ3n) is 4.43. The number of unbranched alkanes of at least 4 members (excludes halogenated alkanes) is 2. The Bertz CT molecular complexity index is 560. The maximum absolute atomic E-state index is 13.7. The van der Waals surface area contributed by atoms with Crippen molar-refractivity contribution in [3.8, 4) is 0 Å². The molecule has 0 aliphatic carbocycles. The molecule has 0 saturated carbocycles. The van der Waals surface area contributed by atoms with Crippen molar-refractivity contribution >= 4 is 5.91 Å². The Hall–Kier alpha value is -1.68. The zero-order valence-electron chi connectivity index (χ0n) is 14.2. The SMILES string of the molecule is C=CC1CC(/C=C/CCCC)C(C(F)(F)F)(C(F)(F)F)N1C(=O)C(F)(F)F. The van der Waals surface area contributed by atoms with Crippen LogP contribution in [0.4, 0.5) is 39.5 Å². The van der Waals surface area contributed by atoms with Gasteiger partial charge in [-0.25, -0.2) is 0 Å². The molecule has 0 N–H and O–H groups in total. The number of allylic oxidation sites excluding steroid dienone is 1. The molecule has 1 aliphatic heterocycles. The van der Waals surface area contributed by atoms with Crippen molar-refractivity contribution in [3.63, 3.8) is 0 Å². The number of halogens is 9. The van der Waals surface area contributed by atoms with Crippen molar-refractivity contribution in [3.05, 3.63) is 24.8 Å². The number of hydrogen-bond acceptors (Lipinski definition) is 1. The van der Waals surface area contributed by atoms with E-state index in [9.17, 15) is 44.3 Å². The number of rotatable bonds is 5. The van der Waals surface area contributed by atoms with E-state index in [1.54, 1.807) is 6.92 Å². The lowest BCUT2D eigenvalue weighted by molar-refractivity contribution is -0.341. The monoisotopic (exact) mass is 411 g/mol. The average molecular weight is 411 g/mol. The van der Waals surface area contributed by atoms with Crippen LogP contribution in [0.15, 0.2) is 24.8 Å². The number of amides is 1. The van der Waals surface area contributed by atoms with Gasteiger partial charge in [-0.05, 0) is 12.8 Å². The van der Waals surface area contributed by atoms with Crippen LogP contribution in [0.25, 0.3) is 0 Å². The maximum atomic E-state index is 13.7. The number of carbonyl (C=O) groups is 1. The Balaban J connectivity index is 3.68. The van der Waals surface area contributed by atoms with E-state index < -0.39 is 53.3 Å². The molecule has 11 heteroatoms. The molecule has 0 bridgehead atoms. The van der Waals surface area contributed by atoms with Gasteiger partial charge in [0.15, 0.2) is 0 Å². The second-order valence-corrected chi connectivity index (χ2v) is 6.15. The van der Waals surface area contributed by atoms with Gasteiger partial charge in [0.05, 0.1) is 6.04 Å². The lowest BCUT2D eigenvalue weighted by atomic mass is 9.82. The first-order chi connectivity index (χ1) is 12.2. The van der Waals surface area contributed by atoms with Crippen molar-refractivity contribution in [2.45, 2.75) is 62.7 Å². The zero-order chi connectivity index (χ0) is 21.3. The van der Waals surface area contributed by atoms with E-state index in [1.165, 1.54) is 0 Å². The molecule has 0 aromatic carbocycles. The summed E-state index contributed by atoms with van der Waals surface area (Å²) in [5.41, 5.74) is -4.99. The summed E-state index contributed by atoms with van der Waals surface area (Å²) in [7, 11) is 0. The molecule has 1 rings (SSSR count). The topological polar surface area (TPSA) is 20.3 Å². The van der Waals surface area contributed by atoms with Gasteiger partial charge in [-0.1, -0.05) is 38.0 Å². The van der Waals surface area contributed by atoms with Gasteiger partial charge in [0.2, 0.25) is 5.54 Å². The van der Waals surface area contributed by atoms with Gasteiger partial charge in [-0.3, -0.25) is 4.79 Å². The molecule has 2 nitrogen and oxygen atoms in total. The van der Waals surface area contributed by atoms with E-state index in [2.05, 4.69) is 6.58 Å². The highest BCUT2D eigenvalue weighted by Crippen LogP contribution is 2.58. The Kier molecular flexibility index (Phi) is 6.70. The summed E-state index contributed by atoms with van der Waals surface area (Å²) in [6.07, 6.45) is -15.8. The molecule has 27 heavy (non-hydrogen) atoms.